The van der Waals surface area contributed by atoms with Gasteiger partial charge in [0.2, 0.25) is 5.91 Å². The zero-order chi connectivity index (χ0) is 20.1. The average molecular weight is 433 g/mol. The Hall–Kier alpha value is -2.13. The standard InChI is InChI=1S/C18H16ClF3N2O3S/c19-13-8-12(18(20,21)22)9-24-17(13)28-10-16(25)23-4-3-11-1-2-14-15(7-11)27-6-5-26-14/h1-2,7-9H,3-6,10H2,(H,23,25). The predicted octanol–water partition coefficient (Wildman–Crippen LogP) is 3.98. The Labute approximate surface area is 168 Å². The fraction of sp³-hybridized carbons (Fsp3) is 0.333. The number of nitrogens with one attached hydrogen (secondary N) is 1. The SMILES string of the molecule is O=C(CSc1ncc(C(F)(F)F)cc1Cl)NCCc1ccc2c(c1)OCCO2. The number of thioether (sulfide) groups is 1. The smallest absolute Gasteiger partial charge is 0.417 e. The molecule has 0 atom stereocenters. The highest BCUT2D eigenvalue weighted by Crippen LogP contribution is 2.33. The number of fused-ring (bicyclic) bond motifs is 1. The minimum Gasteiger partial charge on any atom is -0.486 e. The second-order valence-electron chi connectivity index (χ2n) is 5.88. The highest BCUT2D eigenvalue weighted by Gasteiger charge is 2.31. The number of amides is 1. The van der Waals surface area contributed by atoms with Gasteiger partial charge in [0.05, 0.1) is 16.3 Å². The Kier molecular flexibility index (Phi) is 6.56. The van der Waals surface area contributed by atoms with Crippen molar-refractivity contribution < 1.29 is 27.4 Å². The molecule has 0 fully saturated rings. The van der Waals surface area contributed by atoms with Crippen molar-refractivity contribution in [3.8, 4) is 11.5 Å². The Morgan fingerprint density at radius 2 is 1.96 bits per heavy atom. The molecule has 10 heteroatoms. The van der Waals surface area contributed by atoms with Crippen molar-refractivity contribution in [2.24, 2.45) is 0 Å². The largest absolute Gasteiger partial charge is 0.486 e. The Bertz CT molecular complexity index is 864. The molecule has 1 amide bonds. The summed E-state index contributed by atoms with van der Waals surface area (Å²) in [6.07, 6.45) is -3.20. The van der Waals surface area contributed by atoms with Crippen LogP contribution in [0.15, 0.2) is 35.5 Å². The van der Waals surface area contributed by atoms with Gasteiger partial charge in [0.25, 0.3) is 0 Å². The maximum absolute atomic E-state index is 12.6. The van der Waals surface area contributed by atoms with Gasteiger partial charge in [-0.2, -0.15) is 13.2 Å². The average Bonchev–Trinajstić information content (AvgIpc) is 2.66. The third kappa shape index (κ3) is 5.45. The molecule has 1 N–H and O–H groups in total. The highest BCUT2D eigenvalue weighted by molar-refractivity contribution is 8.00. The molecule has 2 heterocycles. The van der Waals surface area contributed by atoms with Crippen LogP contribution < -0.4 is 14.8 Å². The van der Waals surface area contributed by atoms with Crippen molar-refractivity contribution in [3.63, 3.8) is 0 Å². The van der Waals surface area contributed by atoms with E-state index in [2.05, 4.69) is 10.3 Å². The summed E-state index contributed by atoms with van der Waals surface area (Å²) >= 11 is 6.80. The molecule has 1 aliphatic heterocycles. The van der Waals surface area contributed by atoms with E-state index in [0.717, 1.165) is 23.4 Å². The van der Waals surface area contributed by atoms with Crippen molar-refractivity contribution >= 4 is 29.3 Å². The van der Waals surface area contributed by atoms with Gasteiger partial charge in [-0.25, -0.2) is 4.98 Å². The van der Waals surface area contributed by atoms with Gasteiger partial charge in [-0.05, 0) is 30.2 Å². The summed E-state index contributed by atoms with van der Waals surface area (Å²) < 4.78 is 48.8. The van der Waals surface area contributed by atoms with E-state index in [1.54, 1.807) is 0 Å². The summed E-state index contributed by atoms with van der Waals surface area (Å²) in [5.74, 6) is 1.13. The predicted molar refractivity (Wildman–Crippen MR) is 99.1 cm³/mol. The molecule has 0 spiro atoms. The molecule has 1 aromatic heterocycles. The molecule has 1 aliphatic rings. The summed E-state index contributed by atoms with van der Waals surface area (Å²) in [6.45, 7) is 1.44. The zero-order valence-electron chi connectivity index (χ0n) is 14.5. The lowest BCUT2D eigenvalue weighted by Gasteiger charge is -2.18. The number of carbonyl (C=O) groups excluding carboxylic acids is 1. The van der Waals surface area contributed by atoms with Crippen molar-refractivity contribution in [1.29, 1.82) is 0 Å². The first kappa shape index (κ1) is 20.6. The summed E-state index contributed by atoms with van der Waals surface area (Å²) in [5, 5.41) is 2.80. The van der Waals surface area contributed by atoms with Crippen molar-refractivity contribution in [1.82, 2.24) is 10.3 Å². The number of nitrogens with zero attached hydrogens (tertiary/aromatic N) is 1. The third-order valence-corrected chi connectivity index (χ3v) is 5.22. The molecule has 0 saturated heterocycles. The molecule has 2 aromatic rings. The van der Waals surface area contributed by atoms with Gasteiger partial charge < -0.3 is 14.8 Å². The minimum atomic E-state index is -4.51. The number of alkyl halides is 3. The second kappa shape index (κ2) is 8.91. The lowest BCUT2D eigenvalue weighted by molar-refractivity contribution is -0.137. The first-order chi connectivity index (χ1) is 13.3. The number of carbonyl (C=O) groups is 1. The molecule has 28 heavy (non-hydrogen) atoms. The lowest BCUT2D eigenvalue weighted by Crippen LogP contribution is -2.27. The fourth-order valence-corrected chi connectivity index (χ4v) is 3.49. The van der Waals surface area contributed by atoms with E-state index < -0.39 is 11.7 Å². The molecule has 0 unspecified atom stereocenters. The van der Waals surface area contributed by atoms with Crippen LogP contribution in [0.4, 0.5) is 13.2 Å². The minimum absolute atomic E-state index is 0.000770. The first-order valence-electron chi connectivity index (χ1n) is 8.33. The van der Waals surface area contributed by atoms with E-state index in [1.165, 1.54) is 0 Å². The summed E-state index contributed by atoms with van der Waals surface area (Å²) in [6, 6.07) is 6.41. The summed E-state index contributed by atoms with van der Waals surface area (Å²) in [7, 11) is 0. The number of ether oxygens (including phenoxy) is 2. The molecule has 3 rings (SSSR count). The Balaban J connectivity index is 1.45. The molecular weight excluding hydrogens is 417 g/mol. The number of pyridine rings is 1. The molecule has 0 radical (unpaired) electrons. The molecule has 0 aliphatic carbocycles. The first-order valence-corrected chi connectivity index (χ1v) is 9.70. The number of hydrogen-bond donors (Lipinski definition) is 1. The number of rotatable bonds is 6. The molecule has 0 saturated carbocycles. The van der Waals surface area contributed by atoms with Gasteiger partial charge in [-0.3, -0.25) is 4.79 Å². The molecule has 0 bridgehead atoms. The van der Waals surface area contributed by atoms with E-state index >= 15 is 0 Å². The summed E-state index contributed by atoms with van der Waals surface area (Å²) in [4.78, 5) is 15.6. The van der Waals surface area contributed by atoms with Gasteiger partial charge in [0, 0.05) is 12.7 Å². The number of hydrogen-bond acceptors (Lipinski definition) is 5. The quantitative estimate of drug-likeness (QED) is 0.700. The molecule has 150 valence electrons. The lowest BCUT2D eigenvalue weighted by atomic mass is 10.1. The molecule has 5 nitrogen and oxygen atoms in total. The third-order valence-electron chi connectivity index (χ3n) is 3.82. The van der Waals surface area contributed by atoms with Crippen LogP contribution >= 0.6 is 23.4 Å². The van der Waals surface area contributed by atoms with Gasteiger partial charge >= 0.3 is 6.18 Å². The number of halogens is 4. The van der Waals surface area contributed by atoms with Crippen LogP contribution in [0.2, 0.25) is 5.02 Å². The number of benzene rings is 1. The van der Waals surface area contributed by atoms with Gasteiger partial charge in [0.15, 0.2) is 11.5 Å². The van der Waals surface area contributed by atoms with Gasteiger partial charge in [0.1, 0.15) is 18.2 Å². The van der Waals surface area contributed by atoms with Crippen molar-refractivity contribution in [3.05, 3.63) is 46.6 Å². The number of aromatic nitrogens is 1. The second-order valence-corrected chi connectivity index (χ2v) is 7.25. The van der Waals surface area contributed by atoms with Crippen molar-refractivity contribution in [2.75, 3.05) is 25.5 Å². The Morgan fingerprint density at radius 1 is 1.21 bits per heavy atom. The fourth-order valence-electron chi connectivity index (χ4n) is 2.46. The molecular formula is C18H16ClF3N2O3S. The van der Waals surface area contributed by atoms with E-state index in [0.29, 0.717) is 43.9 Å². The monoisotopic (exact) mass is 432 g/mol. The van der Waals surface area contributed by atoms with Crippen LogP contribution in [-0.2, 0) is 17.4 Å². The maximum atomic E-state index is 12.6. The van der Waals surface area contributed by atoms with E-state index in [4.69, 9.17) is 21.1 Å². The van der Waals surface area contributed by atoms with Crippen LogP contribution in [0.25, 0.3) is 0 Å². The van der Waals surface area contributed by atoms with Crippen molar-refractivity contribution in [2.45, 2.75) is 17.6 Å². The maximum Gasteiger partial charge on any atom is 0.417 e. The normalized spacial score (nSPS) is 13.3. The van der Waals surface area contributed by atoms with Gasteiger partial charge in [-0.15, -0.1) is 0 Å². The van der Waals surface area contributed by atoms with Crippen LogP contribution in [0.5, 0.6) is 11.5 Å². The molecule has 1 aromatic carbocycles. The topological polar surface area (TPSA) is 60.5 Å². The van der Waals surface area contributed by atoms with Gasteiger partial charge in [-0.1, -0.05) is 29.4 Å². The van der Waals surface area contributed by atoms with E-state index in [9.17, 15) is 18.0 Å². The zero-order valence-corrected chi connectivity index (χ0v) is 16.1. The van der Waals surface area contributed by atoms with E-state index in [-0.39, 0.29) is 21.7 Å². The van der Waals surface area contributed by atoms with Crippen LogP contribution in [0.3, 0.4) is 0 Å². The van der Waals surface area contributed by atoms with Crippen LogP contribution in [0, 0.1) is 0 Å². The summed E-state index contributed by atoms with van der Waals surface area (Å²) in [5.41, 5.74) is 0.0652. The Morgan fingerprint density at radius 3 is 2.68 bits per heavy atom. The van der Waals surface area contributed by atoms with Crippen LogP contribution in [0.1, 0.15) is 11.1 Å². The van der Waals surface area contributed by atoms with E-state index in [1.807, 2.05) is 18.2 Å². The highest BCUT2D eigenvalue weighted by atomic mass is 35.5. The van der Waals surface area contributed by atoms with Crippen LogP contribution in [-0.4, -0.2) is 36.4 Å².